The summed E-state index contributed by atoms with van der Waals surface area (Å²) in [6, 6.07) is 1.37. The first-order valence-electron chi connectivity index (χ1n) is 7.93. The van der Waals surface area contributed by atoms with Crippen LogP contribution in [0.1, 0.15) is 58.8 Å². The van der Waals surface area contributed by atoms with Gasteiger partial charge in [-0.2, -0.15) is 0 Å². The molecule has 2 aliphatic carbocycles. The topological polar surface area (TPSA) is 58.4 Å². The zero-order valence-corrected chi connectivity index (χ0v) is 12.4. The number of hydrogen-bond donors (Lipinski definition) is 2. The third kappa shape index (κ3) is 4.18. The first kappa shape index (κ1) is 14.8. The second-order valence-electron chi connectivity index (χ2n) is 6.27. The molecular weight excluding hydrogens is 238 g/mol. The van der Waals surface area contributed by atoms with Crippen molar-refractivity contribution in [1.29, 1.82) is 0 Å². The smallest absolute Gasteiger partial charge is 0.237 e. The molecule has 2 aliphatic rings. The number of carbonyl (C=O) groups is 1. The van der Waals surface area contributed by atoms with Crippen LogP contribution in [-0.2, 0) is 4.79 Å². The van der Waals surface area contributed by atoms with Crippen molar-refractivity contribution in [3.8, 4) is 0 Å². The molecule has 19 heavy (non-hydrogen) atoms. The van der Waals surface area contributed by atoms with Gasteiger partial charge in [0.15, 0.2) is 0 Å². The van der Waals surface area contributed by atoms with E-state index in [-0.39, 0.29) is 11.9 Å². The van der Waals surface area contributed by atoms with Crippen molar-refractivity contribution in [3.63, 3.8) is 0 Å². The van der Waals surface area contributed by atoms with Gasteiger partial charge in [-0.3, -0.25) is 9.69 Å². The molecule has 0 aromatic carbocycles. The summed E-state index contributed by atoms with van der Waals surface area (Å²) >= 11 is 0. The normalized spacial score (nSPS) is 29.3. The van der Waals surface area contributed by atoms with Crippen molar-refractivity contribution in [1.82, 2.24) is 10.2 Å². The fourth-order valence-electron chi connectivity index (χ4n) is 3.08. The van der Waals surface area contributed by atoms with Crippen molar-refractivity contribution in [3.05, 3.63) is 0 Å². The summed E-state index contributed by atoms with van der Waals surface area (Å²) in [5.74, 6) is 0.214. The third-order valence-corrected chi connectivity index (χ3v) is 4.49. The summed E-state index contributed by atoms with van der Waals surface area (Å²) < 4.78 is 0. The Balaban J connectivity index is 1.91. The van der Waals surface area contributed by atoms with E-state index in [1.807, 2.05) is 0 Å². The predicted octanol–water partition coefficient (Wildman–Crippen LogP) is 1.64. The molecule has 4 heteroatoms. The van der Waals surface area contributed by atoms with Crippen LogP contribution in [0.15, 0.2) is 0 Å². The molecule has 0 heterocycles. The van der Waals surface area contributed by atoms with Crippen LogP contribution in [0.25, 0.3) is 0 Å². The van der Waals surface area contributed by atoms with Gasteiger partial charge in [-0.05, 0) is 58.4 Å². The van der Waals surface area contributed by atoms with Gasteiger partial charge in [0.1, 0.15) is 0 Å². The van der Waals surface area contributed by atoms with E-state index in [9.17, 15) is 4.79 Å². The SMILES string of the molecule is CCCN(C1CCC(N)CC1)C(C)C(=O)NC1CC1. The molecule has 0 aromatic heterocycles. The standard InChI is InChI=1S/C15H29N3O/c1-3-10-18(14-8-4-12(16)5-9-14)11(2)15(19)17-13-6-7-13/h11-14H,3-10,16H2,1-2H3,(H,17,19). The van der Waals surface area contributed by atoms with Crippen LogP contribution in [0.5, 0.6) is 0 Å². The first-order valence-corrected chi connectivity index (χ1v) is 7.93. The summed E-state index contributed by atoms with van der Waals surface area (Å²) in [5, 5.41) is 3.14. The number of nitrogens with two attached hydrogens (primary N) is 1. The fraction of sp³-hybridized carbons (Fsp3) is 0.933. The molecule has 1 amide bonds. The highest BCUT2D eigenvalue weighted by Crippen LogP contribution is 2.25. The van der Waals surface area contributed by atoms with Crippen molar-refractivity contribution in [2.75, 3.05) is 6.54 Å². The van der Waals surface area contributed by atoms with E-state index in [1.54, 1.807) is 0 Å². The molecule has 2 rings (SSSR count). The highest BCUT2D eigenvalue weighted by molar-refractivity contribution is 5.81. The molecule has 0 radical (unpaired) electrons. The minimum atomic E-state index is -0.000116. The summed E-state index contributed by atoms with van der Waals surface area (Å²) in [6.45, 7) is 5.26. The molecule has 0 saturated heterocycles. The van der Waals surface area contributed by atoms with Crippen LogP contribution in [-0.4, -0.2) is 41.5 Å². The zero-order valence-electron chi connectivity index (χ0n) is 12.4. The lowest BCUT2D eigenvalue weighted by molar-refractivity contribution is -0.127. The van der Waals surface area contributed by atoms with Gasteiger partial charge < -0.3 is 11.1 Å². The van der Waals surface area contributed by atoms with Crippen molar-refractivity contribution < 1.29 is 4.79 Å². The van der Waals surface area contributed by atoms with E-state index in [2.05, 4.69) is 24.1 Å². The highest BCUT2D eigenvalue weighted by Gasteiger charge is 2.32. The maximum atomic E-state index is 12.2. The predicted molar refractivity (Wildman–Crippen MR) is 77.9 cm³/mol. The molecule has 0 aliphatic heterocycles. The van der Waals surface area contributed by atoms with Gasteiger partial charge in [0.25, 0.3) is 0 Å². The van der Waals surface area contributed by atoms with E-state index in [4.69, 9.17) is 5.73 Å². The first-order chi connectivity index (χ1) is 9.11. The fourth-order valence-corrected chi connectivity index (χ4v) is 3.08. The Hall–Kier alpha value is -0.610. The summed E-state index contributed by atoms with van der Waals surface area (Å²) in [4.78, 5) is 14.6. The quantitative estimate of drug-likeness (QED) is 0.769. The van der Waals surface area contributed by atoms with Gasteiger partial charge in [0, 0.05) is 18.1 Å². The number of nitrogens with one attached hydrogen (secondary N) is 1. The van der Waals surface area contributed by atoms with Crippen molar-refractivity contribution >= 4 is 5.91 Å². The Labute approximate surface area is 117 Å². The largest absolute Gasteiger partial charge is 0.352 e. The molecule has 2 fully saturated rings. The monoisotopic (exact) mass is 267 g/mol. The van der Waals surface area contributed by atoms with Crippen LogP contribution in [0.3, 0.4) is 0 Å². The van der Waals surface area contributed by atoms with Crippen molar-refractivity contribution in [2.45, 2.75) is 83.0 Å². The Bertz CT molecular complexity index is 296. The van der Waals surface area contributed by atoms with Gasteiger partial charge in [0.05, 0.1) is 6.04 Å². The summed E-state index contributed by atoms with van der Waals surface area (Å²) in [7, 11) is 0. The van der Waals surface area contributed by atoms with Crippen LogP contribution in [0, 0.1) is 0 Å². The van der Waals surface area contributed by atoms with E-state index in [0.717, 1.165) is 51.5 Å². The number of amides is 1. The lowest BCUT2D eigenvalue weighted by Gasteiger charge is -2.39. The van der Waals surface area contributed by atoms with Crippen molar-refractivity contribution in [2.24, 2.45) is 5.73 Å². The Morgan fingerprint density at radius 2 is 1.89 bits per heavy atom. The number of carbonyl (C=O) groups excluding carboxylic acids is 1. The molecule has 0 aromatic rings. The molecule has 0 spiro atoms. The van der Waals surface area contributed by atoms with E-state index < -0.39 is 0 Å². The molecule has 110 valence electrons. The molecule has 2 saturated carbocycles. The van der Waals surface area contributed by atoms with Gasteiger partial charge in [-0.25, -0.2) is 0 Å². The van der Waals surface area contributed by atoms with Gasteiger partial charge in [0.2, 0.25) is 5.91 Å². The second kappa shape index (κ2) is 6.71. The van der Waals surface area contributed by atoms with Gasteiger partial charge in [-0.1, -0.05) is 6.92 Å². The zero-order chi connectivity index (χ0) is 13.8. The highest BCUT2D eigenvalue weighted by atomic mass is 16.2. The van der Waals surface area contributed by atoms with Gasteiger partial charge >= 0.3 is 0 Å². The summed E-state index contributed by atoms with van der Waals surface area (Å²) in [5.41, 5.74) is 5.98. The lowest BCUT2D eigenvalue weighted by Crippen LogP contribution is -2.52. The van der Waals surface area contributed by atoms with E-state index in [0.29, 0.717) is 18.1 Å². The van der Waals surface area contributed by atoms with Gasteiger partial charge in [-0.15, -0.1) is 0 Å². The average Bonchev–Trinajstić information content (AvgIpc) is 3.20. The Kier molecular flexibility index (Phi) is 5.22. The molecule has 1 atom stereocenters. The van der Waals surface area contributed by atoms with Crippen LogP contribution in [0.2, 0.25) is 0 Å². The Morgan fingerprint density at radius 1 is 1.26 bits per heavy atom. The lowest BCUT2D eigenvalue weighted by atomic mass is 9.90. The Morgan fingerprint density at radius 3 is 2.42 bits per heavy atom. The molecule has 0 bridgehead atoms. The van der Waals surface area contributed by atoms with E-state index >= 15 is 0 Å². The average molecular weight is 267 g/mol. The molecule has 4 nitrogen and oxygen atoms in total. The number of hydrogen-bond acceptors (Lipinski definition) is 3. The maximum Gasteiger partial charge on any atom is 0.237 e. The van der Waals surface area contributed by atoms with Crippen LogP contribution in [0.4, 0.5) is 0 Å². The van der Waals surface area contributed by atoms with E-state index in [1.165, 1.54) is 0 Å². The minimum Gasteiger partial charge on any atom is -0.352 e. The maximum absolute atomic E-state index is 12.2. The molecule has 3 N–H and O–H groups in total. The van der Waals surface area contributed by atoms with Crippen LogP contribution < -0.4 is 11.1 Å². The number of rotatable bonds is 6. The second-order valence-corrected chi connectivity index (χ2v) is 6.27. The molecule has 1 unspecified atom stereocenters. The number of nitrogens with zero attached hydrogens (tertiary/aromatic N) is 1. The third-order valence-electron chi connectivity index (χ3n) is 4.49. The summed E-state index contributed by atoms with van der Waals surface area (Å²) in [6.07, 6.45) is 7.90. The minimum absolute atomic E-state index is 0.000116. The van der Waals surface area contributed by atoms with Crippen LogP contribution >= 0.6 is 0 Å². The molecular formula is C15H29N3O.